The summed E-state index contributed by atoms with van der Waals surface area (Å²) in [7, 11) is 1.67. The number of aryl methyl sites for hydroxylation is 1. The Bertz CT molecular complexity index is 1270. The SMILES string of the molecule is CCC(CC)(CC(=O)Nc1cccc(/C=C/c2cccc(COCCCCc3ccc(OC)cc3)n2)c1)C(=O)O. The smallest absolute Gasteiger partial charge is 0.310 e. The van der Waals surface area contributed by atoms with Crippen LogP contribution in [0.3, 0.4) is 0 Å². The number of hydrogen-bond acceptors (Lipinski definition) is 5. The second kappa shape index (κ2) is 15.6. The molecule has 3 aromatic rings. The monoisotopic (exact) mass is 544 g/mol. The summed E-state index contributed by atoms with van der Waals surface area (Å²) in [5, 5.41) is 12.5. The first-order valence-electron chi connectivity index (χ1n) is 13.9. The molecule has 0 radical (unpaired) electrons. The number of rotatable bonds is 16. The fourth-order valence-electron chi connectivity index (χ4n) is 4.47. The highest BCUT2D eigenvalue weighted by Crippen LogP contribution is 2.31. The molecule has 0 saturated heterocycles. The van der Waals surface area contributed by atoms with Crippen LogP contribution in [0.25, 0.3) is 12.2 Å². The van der Waals surface area contributed by atoms with Crippen LogP contribution in [0.15, 0.2) is 66.7 Å². The van der Waals surface area contributed by atoms with Crippen molar-refractivity contribution < 1.29 is 24.2 Å². The van der Waals surface area contributed by atoms with Gasteiger partial charge in [0.1, 0.15) is 5.75 Å². The molecule has 0 saturated carbocycles. The Morgan fingerprint density at radius 2 is 1.73 bits per heavy atom. The van der Waals surface area contributed by atoms with Gasteiger partial charge in [-0.15, -0.1) is 0 Å². The molecule has 212 valence electrons. The first kappa shape index (κ1) is 30.6. The molecule has 0 aliphatic carbocycles. The van der Waals surface area contributed by atoms with E-state index in [1.807, 2.05) is 60.7 Å². The summed E-state index contributed by atoms with van der Waals surface area (Å²) in [5.41, 5.74) is 3.45. The number of benzene rings is 2. The number of nitrogens with one attached hydrogen (secondary N) is 1. The van der Waals surface area contributed by atoms with E-state index in [0.717, 1.165) is 42.0 Å². The number of methoxy groups -OCH3 is 1. The highest BCUT2D eigenvalue weighted by atomic mass is 16.5. The molecule has 1 aromatic heterocycles. The molecule has 7 nitrogen and oxygen atoms in total. The number of unbranched alkanes of at least 4 members (excludes halogenated alkanes) is 1. The molecule has 0 aliphatic heterocycles. The second-order valence-electron chi connectivity index (χ2n) is 9.89. The van der Waals surface area contributed by atoms with Crippen molar-refractivity contribution in [2.24, 2.45) is 5.41 Å². The maximum absolute atomic E-state index is 12.6. The van der Waals surface area contributed by atoms with Gasteiger partial charge in [-0.05, 0) is 85.7 Å². The lowest BCUT2D eigenvalue weighted by Gasteiger charge is -2.25. The minimum Gasteiger partial charge on any atom is -0.497 e. The first-order chi connectivity index (χ1) is 19.4. The molecule has 0 atom stereocenters. The molecule has 0 spiro atoms. The Morgan fingerprint density at radius 3 is 2.42 bits per heavy atom. The van der Waals surface area contributed by atoms with E-state index < -0.39 is 11.4 Å². The minimum absolute atomic E-state index is 0.0587. The Hall–Kier alpha value is -3.97. The summed E-state index contributed by atoms with van der Waals surface area (Å²) in [5.74, 6) is -0.366. The van der Waals surface area contributed by atoms with Crippen molar-refractivity contribution in [2.75, 3.05) is 19.0 Å². The van der Waals surface area contributed by atoms with Gasteiger partial charge in [0.15, 0.2) is 0 Å². The number of anilines is 1. The molecular formula is C33H40N2O5. The molecule has 0 unspecified atom stereocenters. The van der Waals surface area contributed by atoms with E-state index in [9.17, 15) is 14.7 Å². The predicted octanol–water partition coefficient (Wildman–Crippen LogP) is 7.02. The zero-order chi connectivity index (χ0) is 28.8. The average molecular weight is 545 g/mol. The van der Waals surface area contributed by atoms with E-state index in [2.05, 4.69) is 22.4 Å². The van der Waals surface area contributed by atoms with Gasteiger partial charge in [0, 0.05) is 18.7 Å². The van der Waals surface area contributed by atoms with Crippen molar-refractivity contribution in [3.05, 3.63) is 89.2 Å². The quantitative estimate of drug-likeness (QED) is 0.188. The van der Waals surface area contributed by atoms with E-state index in [1.165, 1.54) is 5.56 Å². The first-order valence-corrected chi connectivity index (χ1v) is 13.9. The average Bonchev–Trinajstić information content (AvgIpc) is 2.97. The lowest BCUT2D eigenvalue weighted by molar-refractivity contribution is -0.151. The van der Waals surface area contributed by atoms with Gasteiger partial charge in [-0.1, -0.05) is 50.3 Å². The molecule has 3 rings (SSSR count). The van der Waals surface area contributed by atoms with E-state index in [0.29, 0.717) is 31.7 Å². The minimum atomic E-state index is -1.04. The zero-order valence-corrected chi connectivity index (χ0v) is 23.7. The largest absolute Gasteiger partial charge is 0.497 e. The third-order valence-corrected chi connectivity index (χ3v) is 7.16. The summed E-state index contributed by atoms with van der Waals surface area (Å²) in [6.07, 6.45) is 7.64. The predicted molar refractivity (Wildman–Crippen MR) is 159 cm³/mol. The topological polar surface area (TPSA) is 97.8 Å². The lowest BCUT2D eigenvalue weighted by Crippen LogP contribution is -2.34. The number of pyridine rings is 1. The maximum Gasteiger partial charge on any atom is 0.310 e. The third-order valence-electron chi connectivity index (χ3n) is 7.16. The highest BCUT2D eigenvalue weighted by Gasteiger charge is 2.37. The summed E-state index contributed by atoms with van der Waals surface area (Å²) >= 11 is 0. The van der Waals surface area contributed by atoms with Gasteiger partial charge in [-0.2, -0.15) is 0 Å². The normalized spacial score (nSPS) is 11.5. The number of carboxylic acid groups (broad SMARTS) is 1. The number of nitrogens with zero attached hydrogens (tertiary/aromatic N) is 1. The molecule has 1 amide bonds. The highest BCUT2D eigenvalue weighted by molar-refractivity contribution is 5.94. The number of carboxylic acids is 1. The van der Waals surface area contributed by atoms with Crippen LogP contribution in [-0.4, -0.2) is 35.7 Å². The maximum atomic E-state index is 12.6. The standard InChI is InChI=1S/C33H40N2O5/c1-4-33(5-2,32(37)38)23-31(36)35-28-13-8-11-26(22-28)15-18-27-12-9-14-29(34-27)24-40-21-7-6-10-25-16-19-30(39-3)20-17-25/h8-9,11-20,22H,4-7,10,21,23-24H2,1-3H3,(H,35,36)(H,37,38)/b18-15+. The Balaban J connectivity index is 1.46. The van der Waals surface area contributed by atoms with Gasteiger partial charge in [0.05, 0.1) is 30.5 Å². The molecule has 0 fully saturated rings. The van der Waals surface area contributed by atoms with Crippen molar-refractivity contribution in [3.8, 4) is 5.75 Å². The van der Waals surface area contributed by atoms with E-state index in [4.69, 9.17) is 9.47 Å². The van der Waals surface area contributed by atoms with Crippen LogP contribution in [-0.2, 0) is 27.4 Å². The molecule has 0 bridgehead atoms. The Morgan fingerprint density at radius 1 is 0.975 bits per heavy atom. The number of carbonyl (C=O) groups excluding carboxylic acids is 1. The Kier molecular flexibility index (Phi) is 11.9. The van der Waals surface area contributed by atoms with Crippen LogP contribution in [0.4, 0.5) is 5.69 Å². The van der Waals surface area contributed by atoms with Crippen molar-refractivity contribution >= 4 is 29.7 Å². The summed E-state index contributed by atoms with van der Waals surface area (Å²) in [6.45, 7) is 4.74. The number of carbonyl (C=O) groups is 2. The van der Waals surface area contributed by atoms with E-state index in [1.54, 1.807) is 27.0 Å². The van der Waals surface area contributed by atoms with Crippen LogP contribution in [0.2, 0.25) is 0 Å². The number of hydrogen-bond donors (Lipinski definition) is 2. The number of aromatic nitrogens is 1. The van der Waals surface area contributed by atoms with Crippen LogP contribution in [0.5, 0.6) is 5.75 Å². The van der Waals surface area contributed by atoms with Crippen LogP contribution in [0.1, 0.15) is 68.5 Å². The van der Waals surface area contributed by atoms with Gasteiger partial charge in [0.2, 0.25) is 5.91 Å². The molecule has 2 aromatic carbocycles. The van der Waals surface area contributed by atoms with Crippen LogP contribution in [0, 0.1) is 5.41 Å². The summed E-state index contributed by atoms with van der Waals surface area (Å²) in [4.78, 5) is 29.0. The second-order valence-corrected chi connectivity index (χ2v) is 9.89. The summed E-state index contributed by atoms with van der Waals surface area (Å²) in [6, 6.07) is 21.5. The summed E-state index contributed by atoms with van der Waals surface area (Å²) < 4.78 is 11.0. The van der Waals surface area contributed by atoms with E-state index in [-0.39, 0.29) is 12.3 Å². The molecule has 2 N–H and O–H groups in total. The van der Waals surface area contributed by atoms with Gasteiger partial charge < -0.3 is 19.9 Å². The van der Waals surface area contributed by atoms with Crippen LogP contribution < -0.4 is 10.1 Å². The number of ether oxygens (including phenoxy) is 2. The van der Waals surface area contributed by atoms with Gasteiger partial charge in [-0.25, -0.2) is 0 Å². The third kappa shape index (κ3) is 9.35. The van der Waals surface area contributed by atoms with Crippen molar-refractivity contribution in [2.45, 2.75) is 59.0 Å². The molecular weight excluding hydrogens is 504 g/mol. The fraction of sp³-hybridized carbons (Fsp3) is 0.364. The number of amides is 1. The van der Waals surface area contributed by atoms with Gasteiger partial charge in [-0.3, -0.25) is 14.6 Å². The molecule has 7 heteroatoms. The number of aliphatic carboxylic acids is 1. The Labute approximate surface area is 237 Å². The fourth-order valence-corrected chi connectivity index (χ4v) is 4.47. The van der Waals surface area contributed by atoms with Crippen molar-refractivity contribution in [1.82, 2.24) is 4.98 Å². The zero-order valence-electron chi connectivity index (χ0n) is 23.7. The lowest BCUT2D eigenvalue weighted by atomic mass is 9.79. The van der Waals surface area contributed by atoms with Gasteiger partial charge in [0.25, 0.3) is 0 Å². The van der Waals surface area contributed by atoms with E-state index >= 15 is 0 Å². The molecule has 0 aliphatic rings. The molecule has 1 heterocycles. The van der Waals surface area contributed by atoms with Crippen molar-refractivity contribution in [1.29, 1.82) is 0 Å². The van der Waals surface area contributed by atoms with Gasteiger partial charge >= 0.3 is 5.97 Å². The van der Waals surface area contributed by atoms with Crippen LogP contribution >= 0.6 is 0 Å². The molecule has 40 heavy (non-hydrogen) atoms. The van der Waals surface area contributed by atoms with Crippen molar-refractivity contribution in [3.63, 3.8) is 0 Å².